The third-order valence-corrected chi connectivity index (χ3v) is 8.77. The van der Waals surface area contributed by atoms with Gasteiger partial charge >= 0.3 is 0 Å². The highest BCUT2D eigenvalue weighted by atomic mass is 35.5. The Bertz CT molecular complexity index is 786. The minimum absolute atomic E-state index is 0. The second-order valence-corrected chi connectivity index (χ2v) is 12.1. The number of hydrogen-bond donors (Lipinski definition) is 0. The summed E-state index contributed by atoms with van der Waals surface area (Å²) in [5.74, 6) is 1.80. The van der Waals surface area contributed by atoms with Crippen LogP contribution in [0.15, 0.2) is 18.2 Å². The first-order valence-corrected chi connectivity index (χ1v) is 14.6. The lowest BCUT2D eigenvalue weighted by Gasteiger charge is -2.40. The molecule has 5 heteroatoms. The van der Waals surface area contributed by atoms with E-state index in [9.17, 15) is 4.79 Å². The van der Waals surface area contributed by atoms with Crippen molar-refractivity contribution in [3.05, 3.63) is 29.3 Å². The van der Waals surface area contributed by atoms with Gasteiger partial charge in [0, 0.05) is 51.4 Å². The SMILES string of the molecule is CCCCN1CCN(c2cc(CCC(=O)N(CC)CC)ccc2C2CCC(C(C)(C)C)CC2)CC1.Cl. The van der Waals surface area contributed by atoms with Gasteiger partial charge in [0.1, 0.15) is 0 Å². The molecule has 4 nitrogen and oxygen atoms in total. The molecule has 0 atom stereocenters. The van der Waals surface area contributed by atoms with Gasteiger partial charge in [0.15, 0.2) is 0 Å². The van der Waals surface area contributed by atoms with E-state index in [1.165, 1.54) is 69.4 Å². The molecule has 1 amide bonds. The summed E-state index contributed by atoms with van der Waals surface area (Å²) in [4.78, 5) is 19.9. The lowest BCUT2D eigenvalue weighted by atomic mass is 9.68. The van der Waals surface area contributed by atoms with Gasteiger partial charge in [0.05, 0.1) is 0 Å². The van der Waals surface area contributed by atoms with E-state index in [1.807, 2.05) is 4.90 Å². The van der Waals surface area contributed by atoms with E-state index < -0.39 is 0 Å². The first-order valence-electron chi connectivity index (χ1n) is 14.6. The topological polar surface area (TPSA) is 26.8 Å². The number of anilines is 1. The van der Waals surface area contributed by atoms with Gasteiger partial charge in [-0.05, 0) is 93.4 Å². The van der Waals surface area contributed by atoms with E-state index >= 15 is 0 Å². The molecule has 2 aliphatic rings. The highest BCUT2D eigenvalue weighted by Crippen LogP contribution is 2.45. The van der Waals surface area contributed by atoms with Crippen LogP contribution in [-0.2, 0) is 11.2 Å². The van der Waals surface area contributed by atoms with Crippen molar-refractivity contribution in [3.8, 4) is 0 Å². The number of rotatable bonds is 10. The molecule has 1 saturated carbocycles. The van der Waals surface area contributed by atoms with Crippen LogP contribution in [0.5, 0.6) is 0 Å². The van der Waals surface area contributed by atoms with Crippen molar-refractivity contribution in [1.82, 2.24) is 9.80 Å². The molecule has 0 aromatic heterocycles. The van der Waals surface area contributed by atoms with Crippen LogP contribution in [0.3, 0.4) is 0 Å². The molecule has 1 saturated heterocycles. The molecular formula is C31H54ClN3O. The number of carbonyl (C=O) groups is 1. The number of piperazine rings is 1. The second kappa shape index (κ2) is 14.6. The summed E-state index contributed by atoms with van der Waals surface area (Å²) >= 11 is 0. The smallest absolute Gasteiger partial charge is 0.222 e. The minimum Gasteiger partial charge on any atom is -0.369 e. The number of nitrogens with zero attached hydrogens (tertiary/aromatic N) is 3. The van der Waals surface area contributed by atoms with Gasteiger partial charge in [0.25, 0.3) is 0 Å². The van der Waals surface area contributed by atoms with Crippen molar-refractivity contribution in [1.29, 1.82) is 0 Å². The monoisotopic (exact) mass is 519 g/mol. The van der Waals surface area contributed by atoms with Gasteiger partial charge in [0.2, 0.25) is 5.91 Å². The summed E-state index contributed by atoms with van der Waals surface area (Å²) in [6.45, 7) is 21.1. The van der Waals surface area contributed by atoms with Crippen molar-refractivity contribution in [2.75, 3.05) is 50.7 Å². The first kappa shape index (κ1) is 31.0. The average Bonchev–Trinajstić information content (AvgIpc) is 2.86. The number of unbranched alkanes of at least 4 members (excludes halogenated alkanes) is 1. The zero-order chi connectivity index (χ0) is 25.4. The quantitative estimate of drug-likeness (QED) is 0.328. The van der Waals surface area contributed by atoms with Gasteiger partial charge in [-0.3, -0.25) is 9.69 Å². The largest absolute Gasteiger partial charge is 0.369 e. The van der Waals surface area contributed by atoms with Crippen molar-refractivity contribution in [2.24, 2.45) is 11.3 Å². The Morgan fingerprint density at radius 3 is 2.17 bits per heavy atom. The summed E-state index contributed by atoms with van der Waals surface area (Å²) in [5, 5.41) is 0. The molecule has 1 aliphatic carbocycles. The molecule has 206 valence electrons. The summed E-state index contributed by atoms with van der Waals surface area (Å²) in [5.41, 5.74) is 4.77. The Balaban J connectivity index is 0.00000456. The Morgan fingerprint density at radius 1 is 0.972 bits per heavy atom. The van der Waals surface area contributed by atoms with E-state index in [2.05, 4.69) is 69.5 Å². The van der Waals surface area contributed by atoms with Gasteiger partial charge in [-0.15, -0.1) is 12.4 Å². The molecule has 2 fully saturated rings. The van der Waals surface area contributed by atoms with Crippen LogP contribution in [0.2, 0.25) is 0 Å². The number of amides is 1. The van der Waals surface area contributed by atoms with Crippen LogP contribution in [0.4, 0.5) is 5.69 Å². The zero-order valence-corrected chi connectivity index (χ0v) is 25.0. The van der Waals surface area contributed by atoms with Crippen molar-refractivity contribution in [2.45, 2.75) is 98.8 Å². The van der Waals surface area contributed by atoms with Gasteiger partial charge in [-0.25, -0.2) is 0 Å². The number of benzene rings is 1. The summed E-state index contributed by atoms with van der Waals surface area (Å²) in [7, 11) is 0. The molecule has 1 heterocycles. The van der Waals surface area contributed by atoms with E-state index in [-0.39, 0.29) is 18.3 Å². The molecule has 0 radical (unpaired) electrons. The molecule has 0 bridgehead atoms. The zero-order valence-electron chi connectivity index (χ0n) is 24.2. The predicted molar refractivity (Wildman–Crippen MR) is 158 cm³/mol. The van der Waals surface area contributed by atoms with Gasteiger partial charge < -0.3 is 9.80 Å². The van der Waals surface area contributed by atoms with Crippen LogP contribution in [0, 0.1) is 11.3 Å². The van der Waals surface area contributed by atoms with E-state index in [1.54, 1.807) is 5.56 Å². The summed E-state index contributed by atoms with van der Waals surface area (Å²) in [6, 6.07) is 7.20. The maximum absolute atomic E-state index is 12.6. The standard InChI is InChI=1S/C31H53N3O.ClH/c1-7-10-19-32-20-22-34(23-21-32)29-24-25(12-18-30(35)33(8-2)9-3)11-17-28(29)26-13-15-27(16-14-26)31(4,5)6;/h11,17,24,26-27H,7-10,12-16,18-23H2,1-6H3;1H. The van der Waals surface area contributed by atoms with Gasteiger partial charge in [-0.2, -0.15) is 0 Å². The number of hydrogen-bond acceptors (Lipinski definition) is 3. The third-order valence-electron chi connectivity index (χ3n) is 8.77. The van der Waals surface area contributed by atoms with Crippen LogP contribution >= 0.6 is 12.4 Å². The molecule has 36 heavy (non-hydrogen) atoms. The summed E-state index contributed by atoms with van der Waals surface area (Å²) in [6.07, 6.45) is 9.35. The Labute approximate surface area is 228 Å². The highest BCUT2D eigenvalue weighted by molar-refractivity contribution is 5.85. The summed E-state index contributed by atoms with van der Waals surface area (Å²) < 4.78 is 0. The molecule has 0 spiro atoms. The van der Waals surface area contributed by atoms with Crippen molar-refractivity contribution in [3.63, 3.8) is 0 Å². The molecule has 1 aromatic rings. The van der Waals surface area contributed by atoms with Crippen molar-refractivity contribution < 1.29 is 4.79 Å². The average molecular weight is 520 g/mol. The number of carbonyl (C=O) groups excluding carboxylic acids is 1. The fraction of sp³-hybridized carbons (Fsp3) is 0.774. The maximum Gasteiger partial charge on any atom is 0.222 e. The maximum atomic E-state index is 12.6. The molecule has 1 aliphatic heterocycles. The normalized spacial score (nSPS) is 21.2. The third kappa shape index (κ3) is 8.38. The molecular weight excluding hydrogens is 466 g/mol. The van der Waals surface area contributed by atoms with Crippen LogP contribution < -0.4 is 4.90 Å². The Hall–Kier alpha value is -1.26. The lowest BCUT2D eigenvalue weighted by Crippen LogP contribution is -2.47. The van der Waals surface area contributed by atoms with Crippen LogP contribution in [0.25, 0.3) is 0 Å². The minimum atomic E-state index is 0. The first-order chi connectivity index (χ1) is 16.8. The van der Waals surface area contributed by atoms with Crippen molar-refractivity contribution >= 4 is 24.0 Å². The van der Waals surface area contributed by atoms with E-state index in [0.29, 0.717) is 17.8 Å². The van der Waals surface area contributed by atoms with E-state index in [4.69, 9.17) is 0 Å². The Kier molecular flexibility index (Phi) is 12.6. The number of halogens is 1. The van der Waals surface area contributed by atoms with Crippen LogP contribution in [0.1, 0.15) is 104 Å². The molecule has 3 rings (SSSR count). The van der Waals surface area contributed by atoms with Crippen LogP contribution in [-0.4, -0.2) is 61.5 Å². The van der Waals surface area contributed by atoms with Gasteiger partial charge in [-0.1, -0.05) is 46.2 Å². The fourth-order valence-corrected chi connectivity index (χ4v) is 6.21. The molecule has 0 unspecified atom stereocenters. The fourth-order valence-electron chi connectivity index (χ4n) is 6.21. The Morgan fingerprint density at radius 2 is 1.61 bits per heavy atom. The predicted octanol–water partition coefficient (Wildman–Crippen LogP) is 7.15. The molecule has 1 aromatic carbocycles. The second-order valence-electron chi connectivity index (χ2n) is 12.1. The number of aryl methyl sites for hydroxylation is 1. The molecule has 0 N–H and O–H groups in total. The lowest BCUT2D eigenvalue weighted by molar-refractivity contribution is -0.130. The highest BCUT2D eigenvalue weighted by Gasteiger charge is 2.32. The van der Waals surface area contributed by atoms with E-state index in [0.717, 1.165) is 38.5 Å².